The molecule has 1 aliphatic rings. The summed E-state index contributed by atoms with van der Waals surface area (Å²) >= 11 is 0. The molecule has 0 aromatic heterocycles. The number of piperazine rings is 1. The number of benzene rings is 1. The number of nitrogens with zero attached hydrogens (tertiary/aromatic N) is 1. The molecule has 1 aromatic rings. The average molecular weight is 420 g/mol. The van der Waals surface area contributed by atoms with Crippen LogP contribution in [0.4, 0.5) is 10.5 Å². The second-order valence-electron chi connectivity index (χ2n) is 8.80. The highest BCUT2D eigenvalue weighted by atomic mass is 16.6. The molecule has 8 nitrogen and oxygen atoms in total. The molecule has 0 atom stereocenters. The maximum absolute atomic E-state index is 12.4. The molecule has 1 aliphatic heterocycles. The molecule has 0 unspecified atom stereocenters. The van der Waals surface area contributed by atoms with E-state index in [0.29, 0.717) is 19.6 Å². The molecule has 166 valence electrons. The summed E-state index contributed by atoms with van der Waals surface area (Å²) in [5.41, 5.74) is 2.42. The van der Waals surface area contributed by atoms with Crippen LogP contribution in [0.25, 0.3) is 0 Å². The van der Waals surface area contributed by atoms with Crippen molar-refractivity contribution in [3.8, 4) is 0 Å². The second-order valence-corrected chi connectivity index (χ2v) is 8.80. The molecule has 0 radical (unpaired) electrons. The lowest BCUT2D eigenvalue weighted by atomic mass is 10.1. The molecule has 0 spiro atoms. The normalized spacial score (nSPS) is 14.9. The fourth-order valence-corrected chi connectivity index (χ4v) is 3.42. The Hall–Kier alpha value is -2.61. The monoisotopic (exact) mass is 419 g/mol. The third-order valence-corrected chi connectivity index (χ3v) is 4.99. The number of anilines is 1. The van der Waals surface area contributed by atoms with E-state index in [-0.39, 0.29) is 24.8 Å². The summed E-state index contributed by atoms with van der Waals surface area (Å²) in [6, 6.07) is 5.94. The molecule has 3 N–H and O–H groups in total. The molecule has 0 aliphatic carbocycles. The maximum atomic E-state index is 12.4. The third-order valence-electron chi connectivity index (χ3n) is 4.99. The summed E-state index contributed by atoms with van der Waals surface area (Å²) in [5.74, 6) is -0.00571. The van der Waals surface area contributed by atoms with E-state index in [9.17, 15) is 14.4 Å². The van der Waals surface area contributed by atoms with E-state index in [4.69, 9.17) is 4.74 Å². The Bertz CT molecular complexity index is 745. The van der Waals surface area contributed by atoms with E-state index in [2.05, 4.69) is 10.6 Å². The Morgan fingerprint density at radius 1 is 1.10 bits per heavy atom. The highest BCUT2D eigenvalue weighted by Gasteiger charge is 2.25. The highest BCUT2D eigenvalue weighted by Crippen LogP contribution is 2.18. The first kappa shape index (κ1) is 23.7. The summed E-state index contributed by atoms with van der Waals surface area (Å²) in [4.78, 5) is 39.4. The number of nitrogens with one attached hydrogen (secondary N) is 3. The van der Waals surface area contributed by atoms with Crippen LogP contribution < -0.4 is 15.5 Å². The van der Waals surface area contributed by atoms with Gasteiger partial charge in [-0.15, -0.1) is 0 Å². The smallest absolute Gasteiger partial charge is 0.407 e. The predicted molar refractivity (Wildman–Crippen MR) is 116 cm³/mol. The van der Waals surface area contributed by atoms with Gasteiger partial charge in [-0.1, -0.05) is 18.2 Å². The van der Waals surface area contributed by atoms with E-state index < -0.39 is 11.7 Å². The van der Waals surface area contributed by atoms with E-state index in [0.717, 1.165) is 34.8 Å². The Morgan fingerprint density at radius 3 is 2.27 bits per heavy atom. The lowest BCUT2D eigenvalue weighted by Gasteiger charge is -2.32. The van der Waals surface area contributed by atoms with Gasteiger partial charge < -0.3 is 25.2 Å². The molecule has 0 saturated carbocycles. The van der Waals surface area contributed by atoms with Crippen LogP contribution in [0.2, 0.25) is 0 Å². The Morgan fingerprint density at radius 2 is 1.70 bits per heavy atom. The van der Waals surface area contributed by atoms with Crippen LogP contribution in [-0.4, -0.2) is 67.7 Å². The number of alkyl carbamates (subject to hydrolysis) is 1. The van der Waals surface area contributed by atoms with Gasteiger partial charge >= 0.3 is 6.09 Å². The molecule has 0 bridgehead atoms. The first-order chi connectivity index (χ1) is 14.0. The minimum atomic E-state index is -0.558. The number of ether oxygens (including phenoxy) is 1. The van der Waals surface area contributed by atoms with Crippen LogP contribution in [0.3, 0.4) is 0 Å². The Labute approximate surface area is 178 Å². The number of carbonyl (C=O) groups is 3. The lowest BCUT2D eigenvalue weighted by Crippen LogP contribution is -3.15. The zero-order chi connectivity index (χ0) is 22.3. The molecule has 1 fully saturated rings. The first-order valence-corrected chi connectivity index (χ1v) is 10.5. The molecular formula is C22H35N4O4+. The number of para-hydroxylation sites is 1. The fourth-order valence-electron chi connectivity index (χ4n) is 3.42. The second kappa shape index (κ2) is 10.4. The number of hydrogen-bond donors (Lipinski definition) is 3. The number of aryl methyl sites for hydroxylation is 2. The lowest BCUT2D eigenvalue weighted by molar-refractivity contribution is -0.895. The topological polar surface area (TPSA) is 92.2 Å². The van der Waals surface area contributed by atoms with Gasteiger partial charge in [0.05, 0.1) is 26.2 Å². The first-order valence-electron chi connectivity index (χ1n) is 10.5. The van der Waals surface area contributed by atoms with Gasteiger partial charge in [0, 0.05) is 18.7 Å². The highest BCUT2D eigenvalue weighted by molar-refractivity contribution is 5.93. The van der Waals surface area contributed by atoms with Crippen molar-refractivity contribution in [3.05, 3.63) is 29.3 Å². The van der Waals surface area contributed by atoms with Crippen LogP contribution in [0, 0.1) is 13.8 Å². The molecule has 2 rings (SSSR count). The van der Waals surface area contributed by atoms with Crippen LogP contribution in [0.15, 0.2) is 18.2 Å². The van der Waals surface area contributed by atoms with E-state index in [1.54, 1.807) is 25.7 Å². The van der Waals surface area contributed by atoms with Gasteiger partial charge in [0.2, 0.25) is 5.91 Å². The van der Waals surface area contributed by atoms with Crippen LogP contribution in [0.5, 0.6) is 0 Å². The Kier molecular flexibility index (Phi) is 8.23. The molecule has 3 amide bonds. The summed E-state index contributed by atoms with van der Waals surface area (Å²) in [5, 5.41) is 5.63. The summed E-state index contributed by atoms with van der Waals surface area (Å²) in [6.45, 7) is 12.7. The van der Waals surface area contributed by atoms with Gasteiger partial charge in [-0.25, -0.2) is 4.79 Å². The minimum Gasteiger partial charge on any atom is -0.444 e. The van der Waals surface area contributed by atoms with Crippen molar-refractivity contribution in [2.45, 2.75) is 46.6 Å². The standard InChI is InChI=1S/C22H34N4O4/c1-16-7-6-8-17(2)20(16)24-18(27)15-25-11-13-26(14-12-25)19(28)9-10-23-21(29)30-22(3,4)5/h6-8H,9-15H2,1-5H3,(H,23,29)(H,24,27)/p+1. The van der Waals surface area contributed by atoms with Crippen molar-refractivity contribution in [1.82, 2.24) is 10.2 Å². The van der Waals surface area contributed by atoms with Crippen molar-refractivity contribution in [2.75, 3.05) is 44.6 Å². The summed E-state index contributed by atoms with van der Waals surface area (Å²) in [6.07, 6.45) is -0.277. The predicted octanol–water partition coefficient (Wildman–Crippen LogP) is 0.884. The van der Waals surface area contributed by atoms with Crippen molar-refractivity contribution in [2.24, 2.45) is 0 Å². The molecule has 30 heavy (non-hydrogen) atoms. The van der Waals surface area contributed by atoms with E-state index >= 15 is 0 Å². The maximum Gasteiger partial charge on any atom is 0.407 e. The largest absolute Gasteiger partial charge is 0.444 e. The third kappa shape index (κ3) is 7.67. The van der Waals surface area contributed by atoms with Gasteiger partial charge in [0.1, 0.15) is 5.60 Å². The van der Waals surface area contributed by atoms with Crippen LogP contribution in [0.1, 0.15) is 38.3 Å². The number of amides is 3. The average Bonchev–Trinajstić information content (AvgIpc) is 2.64. The van der Waals surface area contributed by atoms with Crippen molar-refractivity contribution >= 4 is 23.6 Å². The molecule has 8 heteroatoms. The number of carbonyl (C=O) groups excluding carboxylic acids is 3. The zero-order valence-electron chi connectivity index (χ0n) is 18.8. The van der Waals surface area contributed by atoms with Crippen LogP contribution in [-0.2, 0) is 14.3 Å². The van der Waals surface area contributed by atoms with E-state index in [1.165, 1.54) is 0 Å². The molecule has 1 heterocycles. The van der Waals surface area contributed by atoms with Gasteiger partial charge in [-0.3, -0.25) is 9.59 Å². The van der Waals surface area contributed by atoms with Gasteiger partial charge in [-0.2, -0.15) is 0 Å². The van der Waals surface area contributed by atoms with Gasteiger partial charge in [-0.05, 0) is 45.7 Å². The van der Waals surface area contributed by atoms with Gasteiger partial charge in [0.15, 0.2) is 6.54 Å². The fraction of sp³-hybridized carbons (Fsp3) is 0.591. The number of quaternary nitrogens is 1. The van der Waals surface area contributed by atoms with Crippen molar-refractivity contribution < 1.29 is 24.0 Å². The minimum absolute atomic E-state index is 0.00472. The SMILES string of the molecule is Cc1cccc(C)c1NC(=O)C[NH+]1CCN(C(=O)CCNC(=O)OC(C)(C)C)CC1. The molecule has 1 saturated heterocycles. The van der Waals surface area contributed by atoms with Crippen LogP contribution >= 0.6 is 0 Å². The molecular weight excluding hydrogens is 384 g/mol. The Balaban J connectivity index is 1.69. The quantitative estimate of drug-likeness (QED) is 0.638. The molecule has 1 aromatic carbocycles. The van der Waals surface area contributed by atoms with Gasteiger partial charge in [0.25, 0.3) is 5.91 Å². The number of rotatable bonds is 6. The summed E-state index contributed by atoms with van der Waals surface area (Å²) < 4.78 is 5.16. The van der Waals surface area contributed by atoms with Crippen molar-refractivity contribution in [1.29, 1.82) is 0 Å². The van der Waals surface area contributed by atoms with E-state index in [1.807, 2.05) is 32.0 Å². The van der Waals surface area contributed by atoms with Crippen molar-refractivity contribution in [3.63, 3.8) is 0 Å². The number of hydrogen-bond acceptors (Lipinski definition) is 4. The zero-order valence-corrected chi connectivity index (χ0v) is 18.8. The summed E-state index contributed by atoms with van der Waals surface area (Å²) in [7, 11) is 0.